The minimum absolute atomic E-state index is 0. The Bertz CT molecular complexity index is 403. The van der Waals surface area contributed by atoms with Crippen LogP contribution < -0.4 is 5.32 Å². The summed E-state index contributed by atoms with van der Waals surface area (Å²) in [6, 6.07) is 5.41. The van der Waals surface area contributed by atoms with Gasteiger partial charge in [-0.2, -0.15) is 0 Å². The summed E-state index contributed by atoms with van der Waals surface area (Å²) in [5.74, 6) is 0.107. The predicted octanol–water partition coefficient (Wildman–Crippen LogP) is 2.12. The maximum atomic E-state index is 12.2. The Morgan fingerprint density at radius 2 is 2.00 bits per heavy atom. The fraction of sp³-hybridized carbons (Fsp3) is 0.417. The lowest BCUT2D eigenvalue weighted by molar-refractivity contribution is 0.0735. The van der Waals surface area contributed by atoms with Crippen molar-refractivity contribution in [1.82, 2.24) is 10.2 Å². The van der Waals surface area contributed by atoms with E-state index in [0.717, 1.165) is 37.3 Å². The molecule has 0 unspecified atom stereocenters. The quantitative estimate of drug-likeness (QED) is 0.851. The number of hydrogen-bond donors (Lipinski definition) is 1. The van der Waals surface area contributed by atoms with Crippen molar-refractivity contribution < 1.29 is 4.79 Å². The Balaban J connectivity index is 0.00000144. The summed E-state index contributed by atoms with van der Waals surface area (Å²) in [6.07, 6.45) is 0. The molecule has 0 aliphatic carbocycles. The van der Waals surface area contributed by atoms with Gasteiger partial charge in [0.1, 0.15) is 0 Å². The Morgan fingerprint density at radius 3 is 2.59 bits per heavy atom. The number of carbonyl (C=O) groups is 1. The van der Waals surface area contributed by atoms with Crippen LogP contribution in [0.5, 0.6) is 0 Å². The van der Waals surface area contributed by atoms with Gasteiger partial charge in [0.2, 0.25) is 0 Å². The molecule has 1 aliphatic heterocycles. The van der Waals surface area contributed by atoms with Gasteiger partial charge in [0.25, 0.3) is 5.91 Å². The molecular formula is C12H16Cl2N2O. The van der Waals surface area contributed by atoms with Gasteiger partial charge >= 0.3 is 0 Å². The highest BCUT2D eigenvalue weighted by atomic mass is 35.5. The fourth-order valence-corrected chi connectivity index (χ4v) is 2.13. The van der Waals surface area contributed by atoms with E-state index in [-0.39, 0.29) is 18.3 Å². The molecule has 0 aromatic heterocycles. The average Bonchev–Trinajstić information content (AvgIpc) is 2.29. The summed E-state index contributed by atoms with van der Waals surface area (Å²) in [5, 5.41) is 3.91. The van der Waals surface area contributed by atoms with Gasteiger partial charge in [0.05, 0.1) is 0 Å². The normalized spacial score (nSPS) is 15.3. The first-order chi connectivity index (χ1) is 7.68. The Morgan fingerprint density at radius 1 is 1.35 bits per heavy atom. The van der Waals surface area contributed by atoms with Crippen LogP contribution in [-0.2, 0) is 0 Å². The highest BCUT2D eigenvalue weighted by Gasteiger charge is 2.19. The van der Waals surface area contributed by atoms with Gasteiger partial charge in [0.15, 0.2) is 0 Å². The monoisotopic (exact) mass is 274 g/mol. The second-order valence-corrected chi connectivity index (χ2v) is 4.44. The Kier molecular flexibility index (Phi) is 5.25. The zero-order valence-electron chi connectivity index (χ0n) is 9.70. The highest BCUT2D eigenvalue weighted by Crippen LogP contribution is 2.17. The zero-order valence-corrected chi connectivity index (χ0v) is 11.3. The number of piperazine rings is 1. The molecule has 2 rings (SSSR count). The second kappa shape index (κ2) is 6.24. The van der Waals surface area contributed by atoms with E-state index in [1.165, 1.54) is 0 Å². The molecule has 0 bridgehead atoms. The largest absolute Gasteiger partial charge is 0.336 e. The van der Waals surface area contributed by atoms with Crippen molar-refractivity contribution in [3.63, 3.8) is 0 Å². The second-order valence-electron chi connectivity index (χ2n) is 4.00. The summed E-state index contributed by atoms with van der Waals surface area (Å²) < 4.78 is 0. The van der Waals surface area contributed by atoms with Crippen LogP contribution in [0.4, 0.5) is 0 Å². The molecule has 17 heavy (non-hydrogen) atoms. The van der Waals surface area contributed by atoms with E-state index in [9.17, 15) is 4.79 Å². The standard InChI is InChI=1S/C12H15ClN2O.ClH/c1-9-8-10(13)2-3-11(9)12(16)15-6-4-14-5-7-15;/h2-3,8,14H,4-7H2,1H3;1H. The molecule has 1 heterocycles. The minimum Gasteiger partial charge on any atom is -0.336 e. The molecule has 0 atom stereocenters. The van der Waals surface area contributed by atoms with Crippen LogP contribution in [0, 0.1) is 6.92 Å². The summed E-state index contributed by atoms with van der Waals surface area (Å²) in [6.45, 7) is 5.22. The molecule has 1 fully saturated rings. The molecule has 1 N–H and O–H groups in total. The molecule has 5 heteroatoms. The van der Waals surface area contributed by atoms with Crippen molar-refractivity contribution in [2.75, 3.05) is 26.2 Å². The van der Waals surface area contributed by atoms with Gasteiger partial charge in [-0.25, -0.2) is 0 Å². The van der Waals surface area contributed by atoms with Crippen molar-refractivity contribution in [3.8, 4) is 0 Å². The highest BCUT2D eigenvalue weighted by molar-refractivity contribution is 6.30. The molecule has 0 radical (unpaired) electrons. The van der Waals surface area contributed by atoms with Crippen molar-refractivity contribution in [1.29, 1.82) is 0 Å². The van der Waals surface area contributed by atoms with E-state index in [2.05, 4.69) is 5.32 Å². The van der Waals surface area contributed by atoms with E-state index >= 15 is 0 Å². The van der Waals surface area contributed by atoms with E-state index < -0.39 is 0 Å². The summed E-state index contributed by atoms with van der Waals surface area (Å²) in [5.41, 5.74) is 1.70. The lowest BCUT2D eigenvalue weighted by Crippen LogP contribution is -2.46. The van der Waals surface area contributed by atoms with Crippen LogP contribution in [0.15, 0.2) is 18.2 Å². The number of nitrogens with one attached hydrogen (secondary N) is 1. The number of benzene rings is 1. The molecule has 1 aromatic rings. The third-order valence-corrected chi connectivity index (χ3v) is 3.06. The predicted molar refractivity (Wildman–Crippen MR) is 72.2 cm³/mol. The fourth-order valence-electron chi connectivity index (χ4n) is 1.91. The van der Waals surface area contributed by atoms with Crippen LogP contribution >= 0.6 is 24.0 Å². The van der Waals surface area contributed by atoms with Gasteiger partial charge in [-0.05, 0) is 30.7 Å². The van der Waals surface area contributed by atoms with Crippen molar-refractivity contribution in [2.24, 2.45) is 0 Å². The number of halogens is 2. The Hall–Kier alpha value is -0.770. The zero-order chi connectivity index (χ0) is 11.5. The van der Waals surface area contributed by atoms with Crippen LogP contribution in [-0.4, -0.2) is 37.0 Å². The van der Waals surface area contributed by atoms with Crippen LogP contribution in [0.3, 0.4) is 0 Å². The molecule has 0 spiro atoms. The summed E-state index contributed by atoms with van der Waals surface area (Å²) in [4.78, 5) is 14.1. The van der Waals surface area contributed by atoms with Crippen molar-refractivity contribution in [2.45, 2.75) is 6.92 Å². The Labute approximate surface area is 113 Å². The molecule has 1 aromatic carbocycles. The SMILES string of the molecule is Cc1cc(Cl)ccc1C(=O)N1CCNCC1.Cl. The smallest absolute Gasteiger partial charge is 0.254 e. The molecular weight excluding hydrogens is 259 g/mol. The van der Waals surface area contributed by atoms with Crippen LogP contribution in [0.2, 0.25) is 5.02 Å². The third kappa shape index (κ3) is 3.35. The molecule has 0 saturated carbocycles. The first-order valence-electron chi connectivity index (χ1n) is 5.44. The summed E-state index contributed by atoms with van der Waals surface area (Å²) in [7, 11) is 0. The first-order valence-corrected chi connectivity index (χ1v) is 5.82. The van der Waals surface area contributed by atoms with Gasteiger partial charge < -0.3 is 10.2 Å². The average molecular weight is 275 g/mol. The number of amides is 1. The molecule has 3 nitrogen and oxygen atoms in total. The van der Waals surface area contributed by atoms with Gasteiger partial charge in [-0.3, -0.25) is 4.79 Å². The van der Waals surface area contributed by atoms with Gasteiger partial charge in [-0.15, -0.1) is 12.4 Å². The first kappa shape index (κ1) is 14.3. The minimum atomic E-state index is 0. The van der Waals surface area contributed by atoms with Gasteiger partial charge in [-0.1, -0.05) is 11.6 Å². The van der Waals surface area contributed by atoms with Crippen molar-refractivity contribution in [3.05, 3.63) is 34.3 Å². The number of hydrogen-bond acceptors (Lipinski definition) is 2. The van der Waals surface area contributed by atoms with Crippen LogP contribution in [0.1, 0.15) is 15.9 Å². The summed E-state index contributed by atoms with van der Waals surface area (Å²) >= 11 is 5.87. The van der Waals surface area contributed by atoms with Crippen LogP contribution in [0.25, 0.3) is 0 Å². The number of rotatable bonds is 1. The van der Waals surface area contributed by atoms with Crippen molar-refractivity contribution >= 4 is 29.9 Å². The molecule has 1 aliphatic rings. The van der Waals surface area contributed by atoms with E-state index in [4.69, 9.17) is 11.6 Å². The molecule has 1 saturated heterocycles. The topological polar surface area (TPSA) is 32.3 Å². The third-order valence-electron chi connectivity index (χ3n) is 2.82. The molecule has 1 amide bonds. The molecule has 94 valence electrons. The number of carbonyl (C=O) groups excluding carboxylic acids is 1. The van der Waals surface area contributed by atoms with E-state index in [0.29, 0.717) is 5.02 Å². The lowest BCUT2D eigenvalue weighted by atomic mass is 10.1. The van der Waals surface area contributed by atoms with E-state index in [1.807, 2.05) is 24.0 Å². The number of nitrogens with zero attached hydrogens (tertiary/aromatic N) is 1. The number of aryl methyl sites for hydroxylation is 1. The lowest BCUT2D eigenvalue weighted by Gasteiger charge is -2.28. The van der Waals surface area contributed by atoms with E-state index in [1.54, 1.807) is 6.07 Å². The van der Waals surface area contributed by atoms with Gasteiger partial charge in [0, 0.05) is 36.8 Å². The maximum absolute atomic E-state index is 12.2. The maximum Gasteiger partial charge on any atom is 0.254 e.